The highest BCUT2D eigenvalue weighted by Crippen LogP contribution is 2.33. The maximum absolute atomic E-state index is 11.9. The van der Waals surface area contributed by atoms with E-state index in [1.165, 1.54) is 23.1 Å². The molecule has 1 aromatic carbocycles. The van der Waals surface area contributed by atoms with Crippen molar-refractivity contribution >= 4 is 27.6 Å². The fraction of sp³-hybridized carbons (Fsp3) is 0.333. The van der Waals surface area contributed by atoms with Crippen molar-refractivity contribution in [3.8, 4) is 5.75 Å². The van der Waals surface area contributed by atoms with Crippen molar-refractivity contribution in [2.24, 2.45) is 11.1 Å². The summed E-state index contributed by atoms with van der Waals surface area (Å²) in [5.74, 6) is -2.65. The molecular weight excluding hydrogens is 300 g/mol. The number of hydrogen-bond donors (Lipinski definition) is 3. The number of aromatic hydroxyl groups is 1. The first-order valence-electron chi connectivity index (χ1n) is 6.04. The number of sulfonamides is 1. The average Bonchev–Trinajstić information content (AvgIpc) is 2.67. The molecule has 9 heteroatoms. The van der Waals surface area contributed by atoms with E-state index in [4.69, 9.17) is 10.2 Å². The van der Waals surface area contributed by atoms with Crippen LogP contribution in [0, 0.1) is 5.92 Å². The van der Waals surface area contributed by atoms with Gasteiger partial charge in [-0.15, -0.1) is 0 Å². The first-order valence-corrected chi connectivity index (χ1v) is 7.76. The van der Waals surface area contributed by atoms with E-state index in [1.807, 2.05) is 0 Å². The zero-order valence-corrected chi connectivity index (χ0v) is 11.7. The molecule has 1 fully saturated rings. The Morgan fingerprint density at radius 1 is 1.43 bits per heavy atom. The fourth-order valence-corrected chi connectivity index (χ4v) is 3.21. The number of phenolic OH excluding ortho intramolecular Hbond substituents is 1. The lowest BCUT2D eigenvalue weighted by Gasteiger charge is -2.18. The number of hydrogen-bond acceptors (Lipinski definition) is 5. The van der Waals surface area contributed by atoms with Crippen molar-refractivity contribution in [1.29, 1.82) is 0 Å². The van der Waals surface area contributed by atoms with Crippen LogP contribution in [-0.2, 0) is 14.8 Å². The summed E-state index contributed by atoms with van der Waals surface area (Å²) in [6.45, 7) is 0.0614. The van der Waals surface area contributed by atoms with Gasteiger partial charge in [-0.3, -0.25) is 4.79 Å². The van der Waals surface area contributed by atoms with Crippen molar-refractivity contribution in [3.63, 3.8) is 0 Å². The van der Waals surface area contributed by atoms with Gasteiger partial charge in [-0.05, 0) is 18.2 Å². The van der Waals surface area contributed by atoms with Crippen LogP contribution < -0.4 is 10.0 Å². The lowest BCUT2D eigenvalue weighted by molar-refractivity contribution is -0.117. The molecule has 0 radical (unpaired) electrons. The van der Waals surface area contributed by atoms with Crippen molar-refractivity contribution in [1.82, 2.24) is 0 Å². The molecule has 1 atom stereocenters. The molecule has 114 valence electrons. The number of carboxylic acid groups (broad SMARTS) is 1. The normalized spacial score (nSPS) is 19.0. The third-order valence-electron chi connectivity index (χ3n) is 3.19. The van der Waals surface area contributed by atoms with E-state index in [0.29, 0.717) is 0 Å². The number of anilines is 1. The molecule has 1 saturated heterocycles. The molecule has 2 rings (SSSR count). The predicted octanol–water partition coefficient (Wildman–Crippen LogP) is -0.268. The number of carboxylic acids is 1. The van der Waals surface area contributed by atoms with E-state index in [0.717, 1.165) is 0 Å². The van der Waals surface area contributed by atoms with Gasteiger partial charge in [0.15, 0.2) is 0 Å². The minimum Gasteiger partial charge on any atom is -0.506 e. The molecule has 4 N–H and O–H groups in total. The second-order valence-corrected chi connectivity index (χ2v) is 6.57. The van der Waals surface area contributed by atoms with Crippen LogP contribution in [0.2, 0.25) is 0 Å². The van der Waals surface area contributed by atoms with Gasteiger partial charge in [0.2, 0.25) is 15.9 Å². The zero-order chi connectivity index (χ0) is 15.8. The third-order valence-corrected chi connectivity index (χ3v) is 4.12. The summed E-state index contributed by atoms with van der Waals surface area (Å²) in [5, 5.41) is 23.7. The van der Waals surface area contributed by atoms with E-state index in [2.05, 4.69) is 0 Å². The molecule has 0 bridgehead atoms. The zero-order valence-electron chi connectivity index (χ0n) is 10.9. The van der Waals surface area contributed by atoms with Crippen molar-refractivity contribution in [2.75, 3.05) is 17.2 Å². The number of benzene rings is 1. The monoisotopic (exact) mass is 314 g/mol. The number of nitrogens with zero attached hydrogens (tertiary/aromatic N) is 1. The van der Waals surface area contributed by atoms with E-state index in [1.54, 1.807) is 0 Å². The molecule has 1 aliphatic rings. The predicted molar refractivity (Wildman–Crippen MR) is 73.5 cm³/mol. The Labute approximate surface area is 120 Å². The molecule has 0 aromatic heterocycles. The highest BCUT2D eigenvalue weighted by atomic mass is 32.2. The van der Waals surface area contributed by atoms with Crippen LogP contribution in [0.4, 0.5) is 5.69 Å². The van der Waals surface area contributed by atoms with Crippen molar-refractivity contribution in [2.45, 2.75) is 6.42 Å². The molecule has 1 aliphatic heterocycles. The van der Waals surface area contributed by atoms with Crippen LogP contribution >= 0.6 is 0 Å². The Morgan fingerprint density at radius 3 is 2.67 bits per heavy atom. The van der Waals surface area contributed by atoms with Crippen LogP contribution in [-0.4, -0.2) is 42.8 Å². The Kier molecular flexibility index (Phi) is 3.88. The lowest BCUT2D eigenvalue weighted by atomic mass is 10.1. The topological polar surface area (TPSA) is 138 Å². The first kappa shape index (κ1) is 15.3. The molecule has 0 saturated carbocycles. The summed E-state index contributed by atoms with van der Waals surface area (Å²) in [5.41, 5.74) is -0.0256. The van der Waals surface area contributed by atoms with E-state index in [9.17, 15) is 23.1 Å². The van der Waals surface area contributed by atoms with E-state index >= 15 is 0 Å². The summed E-state index contributed by atoms with van der Waals surface area (Å²) in [4.78, 5) is 24.0. The molecule has 0 spiro atoms. The van der Waals surface area contributed by atoms with Crippen LogP contribution in [0.3, 0.4) is 0 Å². The molecule has 1 heterocycles. The molecule has 1 amide bonds. The lowest BCUT2D eigenvalue weighted by Crippen LogP contribution is -2.27. The molecular formula is C12H14N2O6S. The third kappa shape index (κ3) is 3.50. The van der Waals surface area contributed by atoms with Gasteiger partial charge in [0.25, 0.3) is 0 Å². The highest BCUT2D eigenvalue weighted by Gasteiger charge is 2.34. The second-order valence-electron chi connectivity index (χ2n) is 4.91. The number of carbonyl (C=O) groups is 2. The number of primary sulfonamides is 1. The number of aromatic carboxylic acids is 1. The summed E-state index contributed by atoms with van der Waals surface area (Å²) >= 11 is 0. The Morgan fingerprint density at radius 2 is 2.10 bits per heavy atom. The van der Waals surface area contributed by atoms with E-state index < -0.39 is 21.9 Å². The molecule has 0 aliphatic carbocycles. The molecule has 1 unspecified atom stereocenters. The molecule has 21 heavy (non-hydrogen) atoms. The minimum atomic E-state index is -3.70. The summed E-state index contributed by atoms with van der Waals surface area (Å²) in [6, 6.07) is 3.57. The number of phenols is 1. The van der Waals surface area contributed by atoms with Crippen LogP contribution in [0.25, 0.3) is 0 Å². The minimum absolute atomic E-state index is 0.0207. The van der Waals surface area contributed by atoms with Gasteiger partial charge < -0.3 is 15.1 Å². The van der Waals surface area contributed by atoms with Crippen molar-refractivity contribution in [3.05, 3.63) is 23.8 Å². The SMILES string of the molecule is NS(=O)(=O)CC1CC(=O)N(c2cc(C(=O)O)ccc2O)C1. The molecule has 8 nitrogen and oxygen atoms in total. The van der Waals surface area contributed by atoms with Gasteiger partial charge in [0.1, 0.15) is 5.75 Å². The number of nitrogens with two attached hydrogens (primary N) is 1. The number of carbonyl (C=O) groups excluding carboxylic acids is 1. The largest absolute Gasteiger partial charge is 0.506 e. The molecule has 1 aromatic rings. The van der Waals surface area contributed by atoms with Gasteiger partial charge in [-0.2, -0.15) is 0 Å². The maximum atomic E-state index is 11.9. The van der Waals surface area contributed by atoms with Crippen LogP contribution in [0.5, 0.6) is 5.75 Å². The Balaban J connectivity index is 2.28. The summed E-state index contributed by atoms with van der Waals surface area (Å²) < 4.78 is 22.1. The standard InChI is InChI=1S/C12H14N2O6S/c13-21(19,20)6-7-3-11(16)14(5-7)9-4-8(12(17)18)1-2-10(9)15/h1-2,4,7,15H,3,5-6H2,(H,17,18)(H2,13,19,20). The van der Waals surface area contributed by atoms with Crippen LogP contribution in [0.15, 0.2) is 18.2 Å². The van der Waals surface area contributed by atoms with Gasteiger partial charge in [0, 0.05) is 18.9 Å². The first-order chi connectivity index (χ1) is 9.67. The van der Waals surface area contributed by atoms with Gasteiger partial charge >= 0.3 is 5.97 Å². The summed E-state index contributed by atoms with van der Waals surface area (Å²) in [6.07, 6.45) is -0.0207. The number of amides is 1. The van der Waals surface area contributed by atoms with Gasteiger partial charge in [0.05, 0.1) is 17.0 Å². The van der Waals surface area contributed by atoms with Crippen molar-refractivity contribution < 1.29 is 28.2 Å². The smallest absolute Gasteiger partial charge is 0.335 e. The van der Waals surface area contributed by atoms with E-state index in [-0.39, 0.29) is 41.6 Å². The second kappa shape index (κ2) is 5.34. The van der Waals surface area contributed by atoms with Gasteiger partial charge in [-0.1, -0.05) is 0 Å². The number of rotatable bonds is 4. The maximum Gasteiger partial charge on any atom is 0.335 e. The Bertz CT molecular complexity index is 700. The average molecular weight is 314 g/mol. The highest BCUT2D eigenvalue weighted by molar-refractivity contribution is 7.89. The Hall–Kier alpha value is -2.13. The summed E-state index contributed by atoms with van der Waals surface area (Å²) in [7, 11) is -3.70. The van der Waals surface area contributed by atoms with Gasteiger partial charge in [-0.25, -0.2) is 18.4 Å². The quantitative estimate of drug-likeness (QED) is 0.699. The van der Waals surface area contributed by atoms with Crippen LogP contribution in [0.1, 0.15) is 16.8 Å². The fourth-order valence-electron chi connectivity index (χ4n) is 2.33.